The molecule has 3 nitrogen and oxygen atoms in total. The Bertz CT molecular complexity index is 508. The minimum Gasteiger partial charge on any atom is -0.428 e. The van der Waals surface area contributed by atoms with Gasteiger partial charge in [-0.25, -0.2) is 4.39 Å². The molecule has 0 radical (unpaired) electrons. The second-order valence-electron chi connectivity index (χ2n) is 3.36. The van der Waals surface area contributed by atoms with E-state index < -0.39 is 17.6 Å². The molecular formula is C10H6F4N2O. The highest BCUT2D eigenvalue weighted by Gasteiger charge is 2.31. The summed E-state index contributed by atoms with van der Waals surface area (Å²) in [5.74, 6) is -0.821. The maximum absolute atomic E-state index is 13.0. The van der Waals surface area contributed by atoms with E-state index in [2.05, 4.69) is 10.2 Å². The summed E-state index contributed by atoms with van der Waals surface area (Å²) < 4.78 is 55.0. The van der Waals surface area contributed by atoms with Crippen molar-refractivity contribution in [1.82, 2.24) is 10.2 Å². The molecule has 0 spiro atoms. The number of halogens is 4. The first-order valence-corrected chi connectivity index (χ1v) is 4.57. The Morgan fingerprint density at radius 1 is 1.18 bits per heavy atom. The van der Waals surface area contributed by atoms with E-state index in [-0.39, 0.29) is 17.9 Å². The molecule has 7 heteroatoms. The van der Waals surface area contributed by atoms with Gasteiger partial charge >= 0.3 is 6.18 Å². The van der Waals surface area contributed by atoms with Crippen molar-refractivity contribution in [3.63, 3.8) is 0 Å². The van der Waals surface area contributed by atoms with E-state index in [0.717, 1.165) is 18.5 Å². The van der Waals surface area contributed by atoms with Crippen LogP contribution in [0.25, 0.3) is 0 Å². The number of alkyl halides is 3. The number of hydrogen-bond acceptors (Lipinski definition) is 3. The van der Waals surface area contributed by atoms with Crippen LogP contribution in [0.1, 0.15) is 17.0 Å². The lowest BCUT2D eigenvalue weighted by molar-refractivity contribution is -0.137. The lowest BCUT2D eigenvalue weighted by Gasteiger charge is -2.08. The van der Waals surface area contributed by atoms with E-state index in [1.165, 1.54) is 0 Å². The maximum Gasteiger partial charge on any atom is 0.416 e. The van der Waals surface area contributed by atoms with E-state index >= 15 is 0 Å². The van der Waals surface area contributed by atoms with E-state index in [4.69, 9.17) is 4.42 Å². The van der Waals surface area contributed by atoms with Crippen molar-refractivity contribution in [2.45, 2.75) is 12.6 Å². The van der Waals surface area contributed by atoms with Crippen LogP contribution in [0.4, 0.5) is 17.6 Å². The summed E-state index contributed by atoms with van der Waals surface area (Å²) >= 11 is 0. The van der Waals surface area contributed by atoms with Crippen LogP contribution in [0, 0.1) is 5.82 Å². The zero-order chi connectivity index (χ0) is 12.5. The Balaban J connectivity index is 2.32. The molecule has 1 aromatic carbocycles. The van der Waals surface area contributed by atoms with E-state index in [0.29, 0.717) is 6.07 Å². The van der Waals surface area contributed by atoms with Crippen LogP contribution in [-0.2, 0) is 12.6 Å². The van der Waals surface area contributed by atoms with Gasteiger partial charge in [-0.05, 0) is 23.8 Å². The van der Waals surface area contributed by atoms with E-state index in [9.17, 15) is 17.6 Å². The van der Waals surface area contributed by atoms with Crippen LogP contribution >= 0.6 is 0 Å². The van der Waals surface area contributed by atoms with Crippen molar-refractivity contribution in [2.24, 2.45) is 0 Å². The third kappa shape index (κ3) is 2.80. The van der Waals surface area contributed by atoms with Crippen LogP contribution in [0.5, 0.6) is 0 Å². The highest BCUT2D eigenvalue weighted by molar-refractivity contribution is 5.28. The van der Waals surface area contributed by atoms with Gasteiger partial charge in [0.05, 0.1) is 12.0 Å². The van der Waals surface area contributed by atoms with Crippen LogP contribution in [0.3, 0.4) is 0 Å². The molecule has 17 heavy (non-hydrogen) atoms. The zero-order valence-corrected chi connectivity index (χ0v) is 8.33. The molecular weight excluding hydrogens is 240 g/mol. The summed E-state index contributed by atoms with van der Waals surface area (Å²) in [6.45, 7) is 0. The molecule has 0 amide bonds. The van der Waals surface area contributed by atoms with Gasteiger partial charge in [0.1, 0.15) is 5.82 Å². The summed E-state index contributed by atoms with van der Waals surface area (Å²) in [6.07, 6.45) is -3.56. The topological polar surface area (TPSA) is 38.9 Å². The van der Waals surface area contributed by atoms with Gasteiger partial charge in [0.2, 0.25) is 12.3 Å². The highest BCUT2D eigenvalue weighted by Crippen LogP contribution is 2.30. The van der Waals surface area contributed by atoms with Crippen LogP contribution < -0.4 is 0 Å². The largest absolute Gasteiger partial charge is 0.428 e. The molecule has 0 aliphatic heterocycles. The summed E-state index contributed by atoms with van der Waals surface area (Å²) in [5.41, 5.74) is -0.909. The molecule has 2 aromatic rings. The lowest BCUT2D eigenvalue weighted by atomic mass is 10.1. The van der Waals surface area contributed by atoms with Gasteiger partial charge in [0.25, 0.3) is 0 Å². The van der Waals surface area contributed by atoms with Crippen LogP contribution in [-0.4, -0.2) is 10.2 Å². The molecule has 0 saturated carbocycles. The molecule has 0 saturated heterocycles. The molecule has 0 fully saturated rings. The molecule has 0 aliphatic carbocycles. The van der Waals surface area contributed by atoms with Gasteiger partial charge in [-0.2, -0.15) is 13.2 Å². The minimum atomic E-state index is -4.58. The minimum absolute atomic E-state index is 0.0408. The predicted molar refractivity (Wildman–Crippen MR) is 48.5 cm³/mol. The molecule has 0 atom stereocenters. The summed E-state index contributed by atoms with van der Waals surface area (Å²) in [4.78, 5) is 0. The summed E-state index contributed by atoms with van der Waals surface area (Å²) in [7, 11) is 0. The second-order valence-corrected chi connectivity index (χ2v) is 3.36. The SMILES string of the molecule is Fc1cc(Cc2nnco2)cc(C(F)(F)F)c1. The number of rotatable bonds is 2. The van der Waals surface area contributed by atoms with Crippen molar-refractivity contribution in [3.05, 3.63) is 47.4 Å². The fourth-order valence-corrected chi connectivity index (χ4v) is 1.36. The first-order chi connectivity index (χ1) is 7.95. The fourth-order valence-electron chi connectivity index (χ4n) is 1.36. The fraction of sp³-hybridized carbons (Fsp3) is 0.200. The van der Waals surface area contributed by atoms with Gasteiger partial charge in [-0.15, -0.1) is 10.2 Å². The standard InChI is InChI=1S/C10H6F4N2O/c11-8-2-6(3-9-16-15-5-17-9)1-7(4-8)10(12,13)14/h1-2,4-5H,3H2. The van der Waals surface area contributed by atoms with Crippen molar-refractivity contribution < 1.29 is 22.0 Å². The predicted octanol–water partition coefficient (Wildman–Crippen LogP) is 2.82. The Morgan fingerprint density at radius 3 is 2.53 bits per heavy atom. The molecule has 0 N–H and O–H groups in total. The quantitative estimate of drug-likeness (QED) is 0.765. The number of nitrogens with zero attached hydrogens (tertiary/aromatic N) is 2. The molecule has 90 valence electrons. The van der Waals surface area contributed by atoms with Gasteiger partial charge in [-0.3, -0.25) is 0 Å². The average Bonchev–Trinajstić information content (AvgIpc) is 2.68. The van der Waals surface area contributed by atoms with E-state index in [1.54, 1.807) is 0 Å². The Kier molecular flexibility index (Phi) is 2.83. The van der Waals surface area contributed by atoms with Crippen molar-refractivity contribution in [1.29, 1.82) is 0 Å². The summed E-state index contributed by atoms with van der Waals surface area (Å²) in [5, 5.41) is 6.89. The van der Waals surface area contributed by atoms with E-state index in [1.807, 2.05) is 0 Å². The smallest absolute Gasteiger partial charge is 0.416 e. The third-order valence-corrected chi connectivity index (χ3v) is 2.05. The number of benzene rings is 1. The third-order valence-electron chi connectivity index (χ3n) is 2.05. The van der Waals surface area contributed by atoms with Crippen molar-refractivity contribution >= 4 is 0 Å². The Hall–Kier alpha value is -1.92. The Morgan fingerprint density at radius 2 is 1.94 bits per heavy atom. The number of hydrogen-bond donors (Lipinski definition) is 0. The summed E-state index contributed by atoms with van der Waals surface area (Å²) in [6, 6.07) is 2.30. The first-order valence-electron chi connectivity index (χ1n) is 4.57. The van der Waals surface area contributed by atoms with Crippen LogP contribution in [0.2, 0.25) is 0 Å². The molecule has 0 bridgehead atoms. The van der Waals surface area contributed by atoms with Crippen molar-refractivity contribution in [2.75, 3.05) is 0 Å². The molecule has 0 unspecified atom stereocenters. The van der Waals surface area contributed by atoms with Gasteiger partial charge in [0.15, 0.2) is 0 Å². The second kappa shape index (κ2) is 4.15. The first kappa shape index (κ1) is 11.6. The molecule has 0 aliphatic rings. The molecule has 1 aromatic heterocycles. The number of aromatic nitrogens is 2. The Labute approximate surface area is 93.1 Å². The maximum atomic E-state index is 13.0. The lowest BCUT2D eigenvalue weighted by Crippen LogP contribution is -2.06. The van der Waals surface area contributed by atoms with Gasteiger partial charge in [0, 0.05) is 0 Å². The highest BCUT2D eigenvalue weighted by atomic mass is 19.4. The zero-order valence-electron chi connectivity index (χ0n) is 8.33. The normalized spacial score (nSPS) is 11.8. The average molecular weight is 246 g/mol. The van der Waals surface area contributed by atoms with Crippen molar-refractivity contribution in [3.8, 4) is 0 Å². The van der Waals surface area contributed by atoms with Crippen LogP contribution in [0.15, 0.2) is 29.0 Å². The van der Waals surface area contributed by atoms with Gasteiger partial charge in [-0.1, -0.05) is 0 Å². The van der Waals surface area contributed by atoms with Gasteiger partial charge < -0.3 is 4.42 Å². The molecule has 2 rings (SSSR count). The monoisotopic (exact) mass is 246 g/mol. The molecule has 1 heterocycles.